The van der Waals surface area contributed by atoms with Gasteiger partial charge in [-0.25, -0.2) is 0 Å². The van der Waals surface area contributed by atoms with Crippen molar-refractivity contribution >= 4 is 11.3 Å². The molecule has 3 heteroatoms. The maximum absolute atomic E-state index is 3.47. The smallest absolute Gasteiger partial charge is 0.0244 e. The second-order valence-electron chi connectivity index (χ2n) is 5.21. The number of unbranched alkanes of at least 4 members (excludes halogenated alkanes) is 2. The molecule has 0 aliphatic carbocycles. The average Bonchev–Trinajstić information content (AvgIpc) is 2.85. The summed E-state index contributed by atoms with van der Waals surface area (Å²) in [5, 5.41) is 5.71. The summed E-state index contributed by atoms with van der Waals surface area (Å²) in [6.45, 7) is 8.33. The first kappa shape index (κ1) is 14.0. The molecule has 1 aromatic heterocycles. The van der Waals surface area contributed by atoms with Crippen molar-refractivity contribution in [3.05, 3.63) is 21.9 Å². The molecule has 1 aliphatic heterocycles. The Hall–Kier alpha value is -0.380. The lowest BCUT2D eigenvalue weighted by Gasteiger charge is -2.26. The van der Waals surface area contributed by atoms with Crippen molar-refractivity contribution in [2.45, 2.75) is 45.6 Å². The van der Waals surface area contributed by atoms with E-state index < -0.39 is 0 Å². The number of nitrogens with one attached hydrogen (secondary N) is 1. The van der Waals surface area contributed by atoms with Crippen molar-refractivity contribution in [2.24, 2.45) is 0 Å². The fourth-order valence-corrected chi connectivity index (χ4v) is 3.45. The summed E-state index contributed by atoms with van der Waals surface area (Å²) in [6, 6.07) is 2.31. The molecule has 18 heavy (non-hydrogen) atoms. The monoisotopic (exact) mass is 266 g/mol. The van der Waals surface area contributed by atoms with Gasteiger partial charge in [0, 0.05) is 18.0 Å². The highest BCUT2D eigenvalue weighted by atomic mass is 32.1. The Kier molecular flexibility index (Phi) is 6.18. The molecule has 0 amide bonds. The van der Waals surface area contributed by atoms with Gasteiger partial charge >= 0.3 is 0 Å². The van der Waals surface area contributed by atoms with Crippen LogP contribution >= 0.6 is 11.3 Å². The fraction of sp³-hybridized carbons (Fsp3) is 0.733. The van der Waals surface area contributed by atoms with E-state index in [9.17, 15) is 0 Å². The van der Waals surface area contributed by atoms with Gasteiger partial charge in [-0.15, -0.1) is 11.3 Å². The third-order valence-corrected chi connectivity index (χ3v) is 4.66. The summed E-state index contributed by atoms with van der Waals surface area (Å²) in [5.74, 6) is 0. The number of thiophene rings is 1. The summed E-state index contributed by atoms with van der Waals surface area (Å²) >= 11 is 1.93. The molecule has 0 bridgehead atoms. The van der Waals surface area contributed by atoms with Gasteiger partial charge in [0.1, 0.15) is 0 Å². The summed E-state index contributed by atoms with van der Waals surface area (Å²) < 4.78 is 0. The molecule has 0 unspecified atom stereocenters. The molecule has 0 aromatic carbocycles. The van der Waals surface area contributed by atoms with E-state index >= 15 is 0 Å². The van der Waals surface area contributed by atoms with Crippen molar-refractivity contribution in [3.63, 3.8) is 0 Å². The Morgan fingerprint density at radius 3 is 3.11 bits per heavy atom. The zero-order valence-corrected chi connectivity index (χ0v) is 12.4. The number of hydrogen-bond donors (Lipinski definition) is 1. The molecule has 0 saturated heterocycles. The Morgan fingerprint density at radius 1 is 1.28 bits per heavy atom. The van der Waals surface area contributed by atoms with Gasteiger partial charge in [0.2, 0.25) is 0 Å². The van der Waals surface area contributed by atoms with E-state index in [0.717, 1.165) is 0 Å². The van der Waals surface area contributed by atoms with Crippen molar-refractivity contribution in [1.29, 1.82) is 0 Å². The molecule has 1 aromatic rings. The minimum atomic E-state index is 1.17. The quantitative estimate of drug-likeness (QED) is 0.727. The van der Waals surface area contributed by atoms with Crippen LogP contribution < -0.4 is 5.32 Å². The molecule has 0 radical (unpaired) electrons. The maximum atomic E-state index is 3.47. The summed E-state index contributed by atoms with van der Waals surface area (Å²) in [7, 11) is 0. The minimum Gasteiger partial charge on any atom is -0.317 e. The van der Waals surface area contributed by atoms with Crippen LogP contribution in [0.3, 0.4) is 0 Å². The first-order chi connectivity index (χ1) is 8.90. The second-order valence-corrected chi connectivity index (χ2v) is 6.21. The lowest BCUT2D eigenvalue weighted by Crippen LogP contribution is -2.30. The fourth-order valence-electron chi connectivity index (χ4n) is 2.56. The maximum Gasteiger partial charge on any atom is 0.0244 e. The predicted octanol–water partition coefficient (Wildman–Crippen LogP) is 3.28. The van der Waals surface area contributed by atoms with Crippen LogP contribution in [0, 0.1) is 0 Å². The van der Waals surface area contributed by atoms with E-state index in [1.54, 1.807) is 10.4 Å². The molecule has 2 rings (SSSR count). The van der Waals surface area contributed by atoms with Gasteiger partial charge in [-0.1, -0.05) is 13.3 Å². The molecule has 1 N–H and O–H groups in total. The summed E-state index contributed by atoms with van der Waals surface area (Å²) in [6.07, 6.45) is 6.57. The summed E-state index contributed by atoms with van der Waals surface area (Å²) in [4.78, 5) is 4.24. The zero-order chi connectivity index (χ0) is 12.6. The number of fused-ring (bicyclic) bond motifs is 1. The van der Waals surface area contributed by atoms with Crippen molar-refractivity contribution < 1.29 is 0 Å². The van der Waals surface area contributed by atoms with Crippen LogP contribution in [0.25, 0.3) is 0 Å². The largest absolute Gasteiger partial charge is 0.317 e. The molecule has 0 spiro atoms. The first-order valence-corrected chi connectivity index (χ1v) is 8.26. The lowest BCUT2D eigenvalue weighted by molar-refractivity contribution is 0.250. The third-order valence-electron chi connectivity index (χ3n) is 3.64. The number of rotatable bonds is 8. The molecular weight excluding hydrogens is 240 g/mol. The topological polar surface area (TPSA) is 15.3 Å². The highest BCUT2D eigenvalue weighted by molar-refractivity contribution is 7.10. The minimum absolute atomic E-state index is 1.17. The molecule has 0 saturated carbocycles. The van der Waals surface area contributed by atoms with Crippen LogP contribution in [0.4, 0.5) is 0 Å². The van der Waals surface area contributed by atoms with Gasteiger partial charge in [0.05, 0.1) is 0 Å². The SMILES string of the molecule is CCCNCCCCCN1CCc2sccc2C1. The van der Waals surface area contributed by atoms with Crippen LogP contribution in [0.2, 0.25) is 0 Å². The van der Waals surface area contributed by atoms with Crippen molar-refractivity contribution in [1.82, 2.24) is 10.2 Å². The van der Waals surface area contributed by atoms with Crippen LogP contribution in [-0.4, -0.2) is 31.1 Å². The van der Waals surface area contributed by atoms with E-state index in [1.807, 2.05) is 11.3 Å². The zero-order valence-electron chi connectivity index (χ0n) is 11.6. The van der Waals surface area contributed by atoms with E-state index in [-0.39, 0.29) is 0 Å². The van der Waals surface area contributed by atoms with Crippen LogP contribution in [0.1, 0.15) is 43.0 Å². The van der Waals surface area contributed by atoms with Crippen LogP contribution in [-0.2, 0) is 13.0 Å². The molecule has 102 valence electrons. The van der Waals surface area contributed by atoms with Crippen LogP contribution in [0.5, 0.6) is 0 Å². The Labute approximate surface area is 115 Å². The Morgan fingerprint density at radius 2 is 2.22 bits per heavy atom. The molecule has 1 aliphatic rings. The van der Waals surface area contributed by atoms with Gasteiger partial charge in [-0.3, -0.25) is 4.90 Å². The second kappa shape index (κ2) is 7.93. The van der Waals surface area contributed by atoms with E-state index in [1.165, 1.54) is 64.8 Å². The van der Waals surface area contributed by atoms with Gasteiger partial charge in [-0.2, -0.15) is 0 Å². The molecule has 0 atom stereocenters. The molecule has 0 fully saturated rings. The van der Waals surface area contributed by atoms with Crippen LogP contribution in [0.15, 0.2) is 11.4 Å². The van der Waals surface area contributed by atoms with E-state index in [0.29, 0.717) is 0 Å². The van der Waals surface area contributed by atoms with E-state index in [2.05, 4.69) is 28.6 Å². The lowest BCUT2D eigenvalue weighted by atomic mass is 10.1. The molecule has 2 nitrogen and oxygen atoms in total. The van der Waals surface area contributed by atoms with Gasteiger partial charge in [-0.05, 0) is 62.3 Å². The summed E-state index contributed by atoms with van der Waals surface area (Å²) in [5.41, 5.74) is 1.58. The Balaban J connectivity index is 1.53. The normalized spacial score (nSPS) is 15.8. The van der Waals surface area contributed by atoms with Gasteiger partial charge < -0.3 is 5.32 Å². The molecule has 2 heterocycles. The number of hydrogen-bond acceptors (Lipinski definition) is 3. The van der Waals surface area contributed by atoms with Gasteiger partial charge in [0.15, 0.2) is 0 Å². The average molecular weight is 266 g/mol. The standard InChI is InChI=1S/C15H26N2S/c1-2-8-16-9-4-3-5-10-17-11-6-15-14(13-17)7-12-18-15/h7,12,16H,2-6,8-11,13H2,1H3. The molecular formula is C15H26N2S. The third kappa shape index (κ3) is 4.38. The number of nitrogens with zero attached hydrogens (tertiary/aromatic N) is 1. The van der Waals surface area contributed by atoms with Crippen molar-refractivity contribution in [3.8, 4) is 0 Å². The van der Waals surface area contributed by atoms with E-state index in [4.69, 9.17) is 0 Å². The van der Waals surface area contributed by atoms with Gasteiger partial charge in [0.25, 0.3) is 0 Å². The van der Waals surface area contributed by atoms with Crippen molar-refractivity contribution in [2.75, 3.05) is 26.2 Å². The highest BCUT2D eigenvalue weighted by Crippen LogP contribution is 2.23. The Bertz CT molecular complexity index is 335. The first-order valence-electron chi connectivity index (χ1n) is 7.38. The highest BCUT2D eigenvalue weighted by Gasteiger charge is 2.16. The predicted molar refractivity (Wildman–Crippen MR) is 80.3 cm³/mol.